The Kier molecular flexibility index (Phi) is 3.47. The molecule has 1 aromatic rings. The Labute approximate surface area is 105 Å². The quantitative estimate of drug-likeness (QED) is 0.849. The SMILES string of the molecule is Cc1cc(C#N)cc(NC2CCCC2C(=O)O)n1. The van der Waals surface area contributed by atoms with Gasteiger partial charge in [0.05, 0.1) is 17.6 Å². The van der Waals surface area contributed by atoms with Crippen molar-refractivity contribution in [3.63, 3.8) is 0 Å². The summed E-state index contributed by atoms with van der Waals surface area (Å²) in [4.78, 5) is 15.4. The number of aliphatic carboxylic acids is 1. The highest BCUT2D eigenvalue weighted by Gasteiger charge is 2.33. The van der Waals surface area contributed by atoms with E-state index in [4.69, 9.17) is 10.4 Å². The molecule has 0 aromatic carbocycles. The van der Waals surface area contributed by atoms with Crippen molar-refractivity contribution < 1.29 is 9.90 Å². The van der Waals surface area contributed by atoms with Crippen molar-refractivity contribution >= 4 is 11.8 Å². The summed E-state index contributed by atoms with van der Waals surface area (Å²) in [7, 11) is 0. The molecule has 2 unspecified atom stereocenters. The number of carboxylic acids is 1. The summed E-state index contributed by atoms with van der Waals surface area (Å²) < 4.78 is 0. The smallest absolute Gasteiger partial charge is 0.308 e. The fourth-order valence-electron chi connectivity index (χ4n) is 2.43. The lowest BCUT2D eigenvalue weighted by atomic mass is 10.0. The van der Waals surface area contributed by atoms with Crippen LogP contribution >= 0.6 is 0 Å². The van der Waals surface area contributed by atoms with Crippen LogP contribution in [0.25, 0.3) is 0 Å². The number of carbonyl (C=O) groups is 1. The highest BCUT2D eigenvalue weighted by Crippen LogP contribution is 2.28. The maximum Gasteiger partial charge on any atom is 0.308 e. The lowest BCUT2D eigenvalue weighted by molar-refractivity contribution is -0.141. The van der Waals surface area contributed by atoms with E-state index in [-0.39, 0.29) is 12.0 Å². The first-order valence-corrected chi connectivity index (χ1v) is 5.98. The van der Waals surface area contributed by atoms with Crippen molar-refractivity contribution in [2.75, 3.05) is 5.32 Å². The third kappa shape index (κ3) is 2.59. The number of aromatic nitrogens is 1. The second kappa shape index (κ2) is 5.05. The Morgan fingerprint density at radius 1 is 1.56 bits per heavy atom. The highest BCUT2D eigenvalue weighted by atomic mass is 16.4. The van der Waals surface area contributed by atoms with E-state index in [1.807, 2.05) is 6.92 Å². The number of nitrogens with one attached hydrogen (secondary N) is 1. The van der Waals surface area contributed by atoms with Gasteiger partial charge in [0.15, 0.2) is 0 Å². The van der Waals surface area contributed by atoms with Crippen molar-refractivity contribution in [3.8, 4) is 6.07 Å². The molecule has 94 valence electrons. The van der Waals surface area contributed by atoms with Gasteiger partial charge in [-0.25, -0.2) is 4.98 Å². The molecular weight excluding hydrogens is 230 g/mol. The van der Waals surface area contributed by atoms with E-state index in [9.17, 15) is 4.79 Å². The van der Waals surface area contributed by atoms with Crippen LogP contribution in [0.3, 0.4) is 0 Å². The van der Waals surface area contributed by atoms with Gasteiger partial charge in [-0.1, -0.05) is 6.42 Å². The van der Waals surface area contributed by atoms with E-state index in [0.29, 0.717) is 17.8 Å². The average Bonchev–Trinajstić information content (AvgIpc) is 2.76. The van der Waals surface area contributed by atoms with Crippen LogP contribution in [0.4, 0.5) is 5.82 Å². The topological polar surface area (TPSA) is 86.0 Å². The van der Waals surface area contributed by atoms with Gasteiger partial charge in [-0.15, -0.1) is 0 Å². The number of anilines is 1. The predicted molar refractivity (Wildman–Crippen MR) is 66.1 cm³/mol. The molecule has 0 amide bonds. The summed E-state index contributed by atoms with van der Waals surface area (Å²) in [6, 6.07) is 5.34. The maximum atomic E-state index is 11.1. The Hall–Kier alpha value is -2.09. The van der Waals surface area contributed by atoms with Gasteiger partial charge in [0.2, 0.25) is 0 Å². The molecule has 1 aromatic heterocycles. The maximum absolute atomic E-state index is 11.1. The van der Waals surface area contributed by atoms with Crippen molar-refractivity contribution in [1.29, 1.82) is 5.26 Å². The summed E-state index contributed by atoms with van der Waals surface area (Å²) in [5, 5.41) is 21.1. The van der Waals surface area contributed by atoms with Gasteiger partial charge in [-0.05, 0) is 31.9 Å². The van der Waals surface area contributed by atoms with Gasteiger partial charge in [0, 0.05) is 11.7 Å². The molecule has 0 saturated heterocycles. The molecule has 0 spiro atoms. The zero-order valence-electron chi connectivity index (χ0n) is 10.2. The molecule has 0 aliphatic heterocycles. The van der Waals surface area contributed by atoms with Gasteiger partial charge < -0.3 is 10.4 Å². The molecule has 0 radical (unpaired) electrons. The lowest BCUT2D eigenvalue weighted by Gasteiger charge is -2.18. The molecule has 5 nitrogen and oxygen atoms in total. The zero-order chi connectivity index (χ0) is 13.1. The van der Waals surface area contributed by atoms with Crippen molar-refractivity contribution in [1.82, 2.24) is 4.98 Å². The summed E-state index contributed by atoms with van der Waals surface area (Å²) in [5.74, 6) is -0.541. The summed E-state index contributed by atoms with van der Waals surface area (Å²) >= 11 is 0. The van der Waals surface area contributed by atoms with Gasteiger partial charge in [0.25, 0.3) is 0 Å². The summed E-state index contributed by atoms with van der Waals surface area (Å²) in [5.41, 5.74) is 1.29. The molecule has 1 saturated carbocycles. The monoisotopic (exact) mass is 245 g/mol. The second-order valence-corrected chi connectivity index (χ2v) is 4.62. The van der Waals surface area contributed by atoms with Crippen LogP contribution in [-0.4, -0.2) is 22.1 Å². The Morgan fingerprint density at radius 2 is 2.33 bits per heavy atom. The largest absolute Gasteiger partial charge is 0.481 e. The minimum atomic E-state index is -0.766. The number of pyridine rings is 1. The average molecular weight is 245 g/mol. The molecule has 18 heavy (non-hydrogen) atoms. The predicted octanol–water partition coefficient (Wildman–Crippen LogP) is 1.93. The second-order valence-electron chi connectivity index (χ2n) is 4.62. The van der Waals surface area contributed by atoms with E-state index >= 15 is 0 Å². The standard InChI is InChI=1S/C13H15N3O2/c1-8-5-9(7-14)6-12(15-8)16-11-4-2-3-10(11)13(17)18/h5-6,10-11H,2-4H2,1H3,(H,15,16)(H,17,18). The van der Waals surface area contributed by atoms with Crippen LogP contribution < -0.4 is 5.32 Å². The first-order chi connectivity index (χ1) is 8.60. The normalized spacial score (nSPS) is 22.4. The molecule has 5 heteroatoms. The molecule has 1 heterocycles. The fraction of sp³-hybridized carbons (Fsp3) is 0.462. The molecule has 2 N–H and O–H groups in total. The van der Waals surface area contributed by atoms with Crippen LogP contribution in [0.5, 0.6) is 0 Å². The van der Waals surface area contributed by atoms with Crippen LogP contribution in [0.2, 0.25) is 0 Å². The van der Waals surface area contributed by atoms with E-state index in [2.05, 4.69) is 16.4 Å². The lowest BCUT2D eigenvalue weighted by Crippen LogP contribution is -2.30. The van der Waals surface area contributed by atoms with Crippen molar-refractivity contribution in [3.05, 3.63) is 23.4 Å². The van der Waals surface area contributed by atoms with Crippen LogP contribution in [0, 0.1) is 24.2 Å². The molecular formula is C13H15N3O2. The number of hydrogen-bond acceptors (Lipinski definition) is 4. The highest BCUT2D eigenvalue weighted by molar-refractivity contribution is 5.72. The zero-order valence-corrected chi connectivity index (χ0v) is 10.2. The van der Waals surface area contributed by atoms with E-state index in [0.717, 1.165) is 18.5 Å². The summed E-state index contributed by atoms with van der Waals surface area (Å²) in [6.07, 6.45) is 2.43. The Morgan fingerprint density at radius 3 is 3.00 bits per heavy atom. The number of rotatable bonds is 3. The number of nitriles is 1. The van der Waals surface area contributed by atoms with Gasteiger partial charge in [-0.3, -0.25) is 4.79 Å². The number of hydrogen-bond donors (Lipinski definition) is 2. The minimum absolute atomic E-state index is 0.0941. The first kappa shape index (κ1) is 12.4. The van der Waals surface area contributed by atoms with Crippen LogP contribution in [0.1, 0.15) is 30.5 Å². The van der Waals surface area contributed by atoms with Gasteiger partial charge in [0.1, 0.15) is 5.82 Å². The van der Waals surface area contributed by atoms with Gasteiger partial charge >= 0.3 is 5.97 Å². The molecule has 2 rings (SSSR count). The van der Waals surface area contributed by atoms with Crippen LogP contribution in [-0.2, 0) is 4.79 Å². The molecule has 1 aliphatic rings. The van der Waals surface area contributed by atoms with Crippen molar-refractivity contribution in [2.45, 2.75) is 32.2 Å². The number of carboxylic acid groups (broad SMARTS) is 1. The van der Waals surface area contributed by atoms with E-state index in [1.165, 1.54) is 0 Å². The molecule has 1 aliphatic carbocycles. The fourth-order valence-corrected chi connectivity index (χ4v) is 2.43. The molecule has 2 atom stereocenters. The third-order valence-electron chi connectivity index (χ3n) is 3.25. The third-order valence-corrected chi connectivity index (χ3v) is 3.25. The van der Waals surface area contributed by atoms with E-state index in [1.54, 1.807) is 12.1 Å². The van der Waals surface area contributed by atoms with E-state index < -0.39 is 5.97 Å². The Bertz CT molecular complexity index is 507. The number of aryl methyl sites for hydroxylation is 1. The molecule has 1 fully saturated rings. The van der Waals surface area contributed by atoms with Gasteiger partial charge in [-0.2, -0.15) is 5.26 Å². The van der Waals surface area contributed by atoms with Crippen molar-refractivity contribution in [2.24, 2.45) is 5.92 Å². The van der Waals surface area contributed by atoms with Crippen LogP contribution in [0.15, 0.2) is 12.1 Å². The summed E-state index contributed by atoms with van der Waals surface area (Å²) in [6.45, 7) is 1.81. The first-order valence-electron chi connectivity index (χ1n) is 5.98. The number of nitrogens with zero attached hydrogens (tertiary/aromatic N) is 2. The Balaban J connectivity index is 2.16. The minimum Gasteiger partial charge on any atom is -0.481 e. The molecule has 0 bridgehead atoms.